The van der Waals surface area contributed by atoms with E-state index in [1.54, 1.807) is 17.0 Å². The summed E-state index contributed by atoms with van der Waals surface area (Å²) in [5.41, 5.74) is 8.38. The van der Waals surface area contributed by atoms with Crippen LogP contribution in [0.3, 0.4) is 0 Å². The van der Waals surface area contributed by atoms with Gasteiger partial charge >= 0.3 is 0 Å². The molecule has 1 heterocycles. The third kappa shape index (κ3) is 3.71. The van der Waals surface area contributed by atoms with Crippen LogP contribution in [0.1, 0.15) is 19.4 Å². The van der Waals surface area contributed by atoms with Crippen molar-refractivity contribution in [3.05, 3.63) is 48.0 Å². The molecular formula is C20H24N2O3. The number of aryl methyl sites for hydroxylation is 1. The van der Waals surface area contributed by atoms with E-state index in [9.17, 15) is 4.79 Å². The number of hydrogen-bond acceptors (Lipinski definition) is 4. The second-order valence-corrected chi connectivity index (χ2v) is 6.66. The summed E-state index contributed by atoms with van der Waals surface area (Å²) in [4.78, 5) is 14.5. The van der Waals surface area contributed by atoms with Gasteiger partial charge in [0.2, 0.25) is 0 Å². The molecule has 0 bridgehead atoms. The number of carbonyl (C=O) groups excluding carboxylic acids is 1. The van der Waals surface area contributed by atoms with Gasteiger partial charge in [0.1, 0.15) is 18.1 Å². The average Bonchev–Trinajstić information content (AvgIpc) is 2.58. The molecule has 0 saturated carbocycles. The Kier molecular flexibility index (Phi) is 4.83. The van der Waals surface area contributed by atoms with Crippen LogP contribution in [0, 0.1) is 12.8 Å². The molecule has 3 rings (SSSR count). The number of hydrogen-bond donors (Lipinski definition) is 1. The topological polar surface area (TPSA) is 64.8 Å². The Bertz CT molecular complexity index is 756. The number of nitrogens with zero attached hydrogens (tertiary/aromatic N) is 1. The lowest BCUT2D eigenvalue weighted by Gasteiger charge is -2.36. The molecule has 25 heavy (non-hydrogen) atoms. The first-order valence-electron chi connectivity index (χ1n) is 8.52. The van der Waals surface area contributed by atoms with Crippen molar-refractivity contribution in [2.75, 3.05) is 23.8 Å². The molecule has 1 aliphatic rings. The van der Waals surface area contributed by atoms with Gasteiger partial charge in [-0.2, -0.15) is 0 Å². The number of nitrogens with two attached hydrogens (primary N) is 1. The van der Waals surface area contributed by atoms with E-state index in [4.69, 9.17) is 15.2 Å². The van der Waals surface area contributed by atoms with Crippen LogP contribution in [0.25, 0.3) is 0 Å². The summed E-state index contributed by atoms with van der Waals surface area (Å²) in [7, 11) is 0. The minimum atomic E-state index is -0.490. The highest BCUT2D eigenvalue weighted by Crippen LogP contribution is 2.37. The van der Waals surface area contributed by atoms with Crippen molar-refractivity contribution in [2.24, 2.45) is 5.92 Å². The Balaban J connectivity index is 1.77. The van der Waals surface area contributed by atoms with Crippen LogP contribution in [0.2, 0.25) is 0 Å². The Hall–Kier alpha value is -2.69. The van der Waals surface area contributed by atoms with Crippen LogP contribution < -0.4 is 20.1 Å². The lowest BCUT2D eigenvalue weighted by molar-refractivity contribution is -0.128. The van der Waals surface area contributed by atoms with Gasteiger partial charge in [-0.15, -0.1) is 0 Å². The smallest absolute Gasteiger partial charge is 0.268 e. The van der Waals surface area contributed by atoms with Gasteiger partial charge in [0, 0.05) is 5.69 Å². The Morgan fingerprint density at radius 3 is 2.60 bits per heavy atom. The first-order chi connectivity index (χ1) is 12.0. The first-order valence-corrected chi connectivity index (χ1v) is 8.52. The van der Waals surface area contributed by atoms with Crippen LogP contribution in [0.5, 0.6) is 11.5 Å². The number of ether oxygens (including phenoxy) is 2. The van der Waals surface area contributed by atoms with Gasteiger partial charge in [-0.05, 0) is 43.2 Å². The summed E-state index contributed by atoms with van der Waals surface area (Å²) >= 11 is 0. The molecule has 0 radical (unpaired) electrons. The summed E-state index contributed by atoms with van der Waals surface area (Å²) in [6, 6.07) is 13.2. The number of fused-ring (bicyclic) bond motifs is 1. The zero-order valence-corrected chi connectivity index (χ0v) is 14.9. The van der Waals surface area contributed by atoms with Crippen molar-refractivity contribution in [1.82, 2.24) is 0 Å². The predicted molar refractivity (Wildman–Crippen MR) is 99.1 cm³/mol. The number of anilines is 2. The van der Waals surface area contributed by atoms with Crippen LogP contribution in [0.4, 0.5) is 11.4 Å². The first kappa shape index (κ1) is 17.1. The van der Waals surface area contributed by atoms with E-state index in [2.05, 4.69) is 0 Å². The second-order valence-electron chi connectivity index (χ2n) is 6.66. The monoisotopic (exact) mass is 340 g/mol. The molecule has 0 aliphatic carbocycles. The normalized spacial score (nSPS) is 16.6. The fourth-order valence-electron chi connectivity index (χ4n) is 2.85. The molecule has 132 valence electrons. The zero-order chi connectivity index (χ0) is 18.0. The third-order valence-corrected chi connectivity index (χ3v) is 4.25. The van der Waals surface area contributed by atoms with Gasteiger partial charge in [0.25, 0.3) is 5.91 Å². The van der Waals surface area contributed by atoms with Gasteiger partial charge in [-0.1, -0.05) is 31.5 Å². The van der Waals surface area contributed by atoms with E-state index in [0.29, 0.717) is 30.3 Å². The standard InChI is InChI=1S/C20H24N2O3/c1-13(2)19-20(23)22(17-12-15(21)6-9-18(17)25-19)10-11-24-16-7-4-14(3)5-8-16/h4-9,12-13,19H,10-11,21H2,1-3H3. The SMILES string of the molecule is Cc1ccc(OCCN2C(=O)C(C(C)C)Oc3ccc(N)cc32)cc1. The quantitative estimate of drug-likeness (QED) is 0.847. The highest BCUT2D eigenvalue weighted by Gasteiger charge is 2.36. The van der Waals surface area contributed by atoms with Gasteiger partial charge in [-0.25, -0.2) is 0 Å². The molecule has 1 atom stereocenters. The van der Waals surface area contributed by atoms with E-state index >= 15 is 0 Å². The summed E-state index contributed by atoms with van der Waals surface area (Å²) in [5, 5.41) is 0. The summed E-state index contributed by atoms with van der Waals surface area (Å²) in [5.74, 6) is 1.50. The van der Waals surface area contributed by atoms with Gasteiger partial charge in [-0.3, -0.25) is 4.79 Å². The van der Waals surface area contributed by atoms with Crippen molar-refractivity contribution < 1.29 is 14.3 Å². The van der Waals surface area contributed by atoms with E-state index in [1.807, 2.05) is 51.1 Å². The van der Waals surface area contributed by atoms with E-state index in [1.165, 1.54) is 5.56 Å². The number of benzene rings is 2. The fourth-order valence-corrected chi connectivity index (χ4v) is 2.85. The molecule has 2 aromatic carbocycles. The molecule has 0 fully saturated rings. The third-order valence-electron chi connectivity index (χ3n) is 4.25. The van der Waals surface area contributed by atoms with Crippen molar-refractivity contribution in [3.8, 4) is 11.5 Å². The lowest BCUT2D eigenvalue weighted by atomic mass is 10.0. The predicted octanol–water partition coefficient (Wildman–Crippen LogP) is 3.41. The molecule has 1 unspecified atom stereocenters. The average molecular weight is 340 g/mol. The van der Waals surface area contributed by atoms with Crippen molar-refractivity contribution in [1.29, 1.82) is 0 Å². The number of carbonyl (C=O) groups is 1. The van der Waals surface area contributed by atoms with Crippen molar-refractivity contribution in [2.45, 2.75) is 26.9 Å². The lowest BCUT2D eigenvalue weighted by Crippen LogP contribution is -2.49. The second kappa shape index (κ2) is 7.05. The van der Waals surface area contributed by atoms with E-state index < -0.39 is 6.10 Å². The van der Waals surface area contributed by atoms with Crippen LogP contribution in [-0.2, 0) is 4.79 Å². The summed E-state index contributed by atoms with van der Waals surface area (Å²) < 4.78 is 11.7. The van der Waals surface area contributed by atoms with Crippen LogP contribution in [-0.4, -0.2) is 25.2 Å². The van der Waals surface area contributed by atoms with Crippen LogP contribution in [0.15, 0.2) is 42.5 Å². The van der Waals surface area contributed by atoms with Gasteiger partial charge in [0.05, 0.1) is 12.2 Å². The molecule has 2 N–H and O–H groups in total. The molecule has 0 saturated heterocycles. The molecule has 0 aromatic heterocycles. The summed E-state index contributed by atoms with van der Waals surface area (Å²) in [6.45, 7) is 6.82. The number of nitrogen functional groups attached to an aromatic ring is 1. The maximum atomic E-state index is 12.8. The molecule has 5 heteroatoms. The van der Waals surface area contributed by atoms with Gasteiger partial charge in [0.15, 0.2) is 6.10 Å². The molecule has 5 nitrogen and oxygen atoms in total. The van der Waals surface area contributed by atoms with Crippen LogP contribution >= 0.6 is 0 Å². The zero-order valence-electron chi connectivity index (χ0n) is 14.9. The Labute approximate surface area is 148 Å². The molecule has 1 aliphatic heterocycles. The highest BCUT2D eigenvalue weighted by molar-refractivity contribution is 6.00. The highest BCUT2D eigenvalue weighted by atomic mass is 16.5. The minimum absolute atomic E-state index is 0.0550. The Morgan fingerprint density at radius 2 is 1.92 bits per heavy atom. The molecule has 2 aromatic rings. The molecular weight excluding hydrogens is 316 g/mol. The van der Waals surface area contributed by atoms with E-state index in [0.717, 1.165) is 5.75 Å². The minimum Gasteiger partial charge on any atom is -0.492 e. The fraction of sp³-hybridized carbons (Fsp3) is 0.350. The molecule has 0 spiro atoms. The number of rotatable bonds is 5. The summed E-state index contributed by atoms with van der Waals surface area (Å²) in [6.07, 6.45) is -0.490. The number of amides is 1. The van der Waals surface area contributed by atoms with Crippen molar-refractivity contribution in [3.63, 3.8) is 0 Å². The maximum Gasteiger partial charge on any atom is 0.268 e. The Morgan fingerprint density at radius 1 is 1.20 bits per heavy atom. The largest absolute Gasteiger partial charge is 0.492 e. The molecule has 1 amide bonds. The van der Waals surface area contributed by atoms with Gasteiger partial charge < -0.3 is 20.1 Å². The van der Waals surface area contributed by atoms with Crippen molar-refractivity contribution >= 4 is 17.3 Å². The maximum absolute atomic E-state index is 12.8. The van der Waals surface area contributed by atoms with E-state index in [-0.39, 0.29) is 11.8 Å².